The summed E-state index contributed by atoms with van der Waals surface area (Å²) in [7, 11) is 0. The normalized spacial score (nSPS) is 11.1. The van der Waals surface area contributed by atoms with Crippen LogP contribution < -0.4 is 5.32 Å². The lowest BCUT2D eigenvalue weighted by Crippen LogP contribution is -2.38. The van der Waals surface area contributed by atoms with Gasteiger partial charge in [-0.3, -0.25) is 33.6 Å². The predicted octanol–water partition coefficient (Wildman–Crippen LogP) is 2.96. The molecule has 0 aliphatic carbocycles. The average Bonchev–Trinajstić information content (AvgIpc) is 2.88. The van der Waals surface area contributed by atoms with Gasteiger partial charge in [0.25, 0.3) is 11.8 Å². The first-order chi connectivity index (χ1) is 20.1. The molecule has 0 saturated carbocycles. The third-order valence-corrected chi connectivity index (χ3v) is 8.66. The number of nitrogens with one attached hydrogen (secondary N) is 1. The third-order valence-electron chi connectivity index (χ3n) is 5.20. The minimum absolute atomic E-state index is 0.0382. The smallest absolute Gasteiger partial charge is 0.303 e. The first-order valence-corrected chi connectivity index (χ1v) is 15.8. The molecule has 0 heterocycles. The van der Waals surface area contributed by atoms with E-state index in [4.69, 9.17) is 23.7 Å². The summed E-state index contributed by atoms with van der Waals surface area (Å²) in [5, 5.41) is 2.70. The molecule has 0 aromatic heterocycles. The van der Waals surface area contributed by atoms with Crippen LogP contribution in [0.25, 0.3) is 0 Å². The van der Waals surface area contributed by atoms with Crippen molar-refractivity contribution in [2.24, 2.45) is 0 Å². The van der Waals surface area contributed by atoms with Gasteiger partial charge in [0.15, 0.2) is 6.10 Å². The maximum Gasteiger partial charge on any atom is 0.303 e. The lowest BCUT2D eigenvalue weighted by atomic mass is 10.1. The Balaban J connectivity index is 3.63. The quantitative estimate of drug-likeness (QED) is 0.155. The van der Waals surface area contributed by atoms with E-state index in [-0.39, 0.29) is 57.2 Å². The Morgan fingerprint density at radius 2 is 1.16 bits per heavy atom. The lowest BCUT2D eigenvalue weighted by molar-refractivity contribution is -0.154. The molecule has 1 aromatic carbocycles. The number of rotatable bonds is 15. The van der Waals surface area contributed by atoms with E-state index >= 15 is 0 Å². The Labute approximate surface area is 289 Å². The molecule has 1 aromatic rings. The molecule has 0 spiro atoms. The predicted molar refractivity (Wildman–Crippen MR) is 175 cm³/mol. The van der Waals surface area contributed by atoms with Crippen LogP contribution in [-0.2, 0) is 59.1 Å². The summed E-state index contributed by atoms with van der Waals surface area (Å²) in [5.74, 6) is -4.28. The van der Waals surface area contributed by atoms with E-state index in [1.165, 1.54) is 32.6 Å². The Bertz CT molecular complexity index is 1230. The molecule has 43 heavy (non-hydrogen) atoms. The number of anilines is 1. The highest BCUT2D eigenvalue weighted by molar-refractivity contribution is 14.1. The van der Waals surface area contributed by atoms with Crippen LogP contribution in [0.1, 0.15) is 57.0 Å². The molecule has 0 bridgehead atoms. The van der Waals surface area contributed by atoms with Gasteiger partial charge < -0.3 is 33.9 Å². The van der Waals surface area contributed by atoms with Gasteiger partial charge in [-0.1, -0.05) is 0 Å². The number of halogens is 3. The summed E-state index contributed by atoms with van der Waals surface area (Å²) < 4.78 is 26.4. The fraction of sp³-hybridized carbons (Fsp3) is 0.500. The maximum atomic E-state index is 14.0. The topological polar surface area (TPSA) is 181 Å². The summed E-state index contributed by atoms with van der Waals surface area (Å²) >= 11 is 5.77. The Morgan fingerprint density at radius 1 is 0.674 bits per heavy atom. The first kappa shape index (κ1) is 38.7. The number of hydrogen-bond donors (Lipinski definition) is 1. The van der Waals surface area contributed by atoms with Gasteiger partial charge in [0, 0.05) is 53.7 Å². The number of ether oxygens (including phenoxy) is 5. The highest BCUT2D eigenvalue weighted by atomic mass is 127. The van der Waals surface area contributed by atoms with E-state index in [9.17, 15) is 33.6 Å². The molecule has 0 aliphatic rings. The van der Waals surface area contributed by atoms with Crippen molar-refractivity contribution in [3.05, 3.63) is 21.8 Å². The van der Waals surface area contributed by atoms with Crippen molar-refractivity contribution < 1.29 is 57.2 Å². The average molecular weight is 944 g/mol. The zero-order valence-corrected chi connectivity index (χ0v) is 30.5. The van der Waals surface area contributed by atoms with E-state index in [0.29, 0.717) is 16.3 Å². The van der Waals surface area contributed by atoms with Gasteiger partial charge in [0.2, 0.25) is 0 Å². The monoisotopic (exact) mass is 944 g/mol. The fourth-order valence-corrected chi connectivity index (χ4v) is 7.55. The molecule has 1 unspecified atom stereocenters. The van der Waals surface area contributed by atoms with Crippen LogP contribution >= 0.6 is 67.8 Å². The van der Waals surface area contributed by atoms with E-state index < -0.39 is 47.8 Å². The molecular weight excluding hydrogens is 913 g/mol. The molecule has 1 N–H and O–H groups in total. The molecule has 17 heteroatoms. The number of nitrogens with zero attached hydrogens (tertiary/aromatic N) is 1. The molecule has 14 nitrogen and oxygen atoms in total. The van der Waals surface area contributed by atoms with Crippen molar-refractivity contribution >= 4 is 115 Å². The van der Waals surface area contributed by atoms with Crippen LogP contribution in [0.4, 0.5) is 5.69 Å². The van der Waals surface area contributed by atoms with Crippen molar-refractivity contribution in [2.45, 2.75) is 53.8 Å². The third kappa shape index (κ3) is 13.5. The van der Waals surface area contributed by atoms with Crippen LogP contribution in [0, 0.1) is 10.7 Å². The minimum atomic E-state index is -1.33. The molecule has 0 aliphatic heterocycles. The lowest BCUT2D eigenvalue weighted by Gasteiger charge is -2.26. The standard InChI is InChI=1S/C26H31I3N2O12/c1-13(32)39-9-6-19(43-17(5)36)25(37)30-24-22(28)18(12-42-16(4)35)21(27)20(23(24)29)26(38)31(7-10-40-14(2)33)8-11-41-15(3)34/h19H,6-12H2,1-5H3,(H,30,37). The molecule has 0 fully saturated rings. The van der Waals surface area contributed by atoms with Gasteiger partial charge in [0.05, 0.1) is 34.5 Å². The second-order valence-electron chi connectivity index (χ2n) is 8.64. The van der Waals surface area contributed by atoms with Gasteiger partial charge in [-0.2, -0.15) is 0 Å². The summed E-state index contributed by atoms with van der Waals surface area (Å²) in [6.07, 6.45) is -1.46. The molecule has 0 radical (unpaired) electrons. The Morgan fingerprint density at radius 3 is 1.63 bits per heavy atom. The number of carbonyl (C=O) groups is 7. The van der Waals surface area contributed by atoms with Crippen molar-refractivity contribution in [2.75, 3.05) is 38.2 Å². The number of benzene rings is 1. The van der Waals surface area contributed by atoms with E-state index in [0.717, 1.165) is 6.92 Å². The molecule has 1 atom stereocenters. The molecule has 238 valence electrons. The zero-order valence-electron chi connectivity index (χ0n) is 24.0. The van der Waals surface area contributed by atoms with Crippen LogP contribution in [0.15, 0.2) is 0 Å². The van der Waals surface area contributed by atoms with Crippen LogP contribution in [-0.4, -0.2) is 85.6 Å². The van der Waals surface area contributed by atoms with E-state index in [1.54, 1.807) is 0 Å². The minimum Gasteiger partial charge on any atom is -0.466 e. The van der Waals surface area contributed by atoms with Crippen LogP contribution in [0.5, 0.6) is 0 Å². The van der Waals surface area contributed by atoms with Gasteiger partial charge in [-0.25, -0.2) is 0 Å². The van der Waals surface area contributed by atoms with E-state index in [2.05, 4.69) is 5.32 Å². The van der Waals surface area contributed by atoms with Crippen molar-refractivity contribution in [3.8, 4) is 0 Å². The summed E-state index contributed by atoms with van der Waals surface area (Å²) in [6.45, 7) is 5.23. The Hall–Kier alpha value is -2.30. The fourth-order valence-electron chi connectivity index (χ4n) is 3.34. The van der Waals surface area contributed by atoms with Crippen molar-refractivity contribution in [1.29, 1.82) is 0 Å². The molecule has 1 rings (SSSR count). The number of hydrogen-bond acceptors (Lipinski definition) is 12. The summed E-state index contributed by atoms with van der Waals surface area (Å²) in [5.41, 5.74) is 0.731. The largest absolute Gasteiger partial charge is 0.466 e. The highest BCUT2D eigenvalue weighted by Crippen LogP contribution is 2.37. The van der Waals surface area contributed by atoms with Gasteiger partial charge in [-0.05, 0) is 67.8 Å². The SMILES string of the molecule is CC(=O)OCCC(OC(C)=O)C(=O)Nc1c(I)c(COC(C)=O)c(I)c(C(=O)N(CCOC(C)=O)CCOC(C)=O)c1I. The summed E-state index contributed by atoms with van der Waals surface area (Å²) in [4.78, 5) is 85.7. The highest BCUT2D eigenvalue weighted by Gasteiger charge is 2.31. The zero-order chi connectivity index (χ0) is 32.9. The number of esters is 5. The molecule has 0 saturated heterocycles. The van der Waals surface area contributed by atoms with Gasteiger partial charge in [0.1, 0.15) is 19.8 Å². The van der Waals surface area contributed by atoms with Gasteiger partial charge in [-0.15, -0.1) is 0 Å². The van der Waals surface area contributed by atoms with E-state index in [1.807, 2.05) is 67.8 Å². The second kappa shape index (κ2) is 19.2. The number of amides is 2. The van der Waals surface area contributed by atoms with Crippen molar-refractivity contribution in [1.82, 2.24) is 4.90 Å². The Kier molecular flexibility index (Phi) is 17.3. The van der Waals surface area contributed by atoms with Crippen molar-refractivity contribution in [3.63, 3.8) is 0 Å². The number of carbonyl (C=O) groups excluding carboxylic acids is 7. The second-order valence-corrected chi connectivity index (χ2v) is 11.9. The van der Waals surface area contributed by atoms with Gasteiger partial charge >= 0.3 is 29.8 Å². The molecule has 2 amide bonds. The maximum absolute atomic E-state index is 14.0. The molecular formula is C26H31I3N2O12. The summed E-state index contributed by atoms with van der Waals surface area (Å²) in [6, 6.07) is 0. The van der Waals surface area contributed by atoms with Crippen LogP contribution in [0.2, 0.25) is 0 Å². The van der Waals surface area contributed by atoms with Crippen LogP contribution in [0.3, 0.4) is 0 Å². The first-order valence-electron chi connectivity index (χ1n) is 12.6.